The average molecular weight is 398 g/mol. The van der Waals surface area contributed by atoms with Crippen LogP contribution in [0.25, 0.3) is 0 Å². The van der Waals surface area contributed by atoms with Crippen LogP contribution in [0.15, 0.2) is 36.4 Å². The Bertz CT molecular complexity index is 954. The Morgan fingerprint density at radius 3 is 2.45 bits per heavy atom. The maximum Gasteiger partial charge on any atom is 0.240 e. The van der Waals surface area contributed by atoms with E-state index in [9.17, 15) is 9.59 Å². The van der Waals surface area contributed by atoms with Crippen molar-refractivity contribution in [2.45, 2.75) is 19.4 Å². The highest BCUT2D eigenvalue weighted by atomic mass is 16.7. The molecule has 1 aliphatic carbocycles. The van der Waals surface area contributed by atoms with E-state index < -0.39 is 5.41 Å². The van der Waals surface area contributed by atoms with E-state index >= 15 is 0 Å². The quantitative estimate of drug-likeness (QED) is 0.696. The van der Waals surface area contributed by atoms with Crippen LogP contribution >= 0.6 is 0 Å². The van der Waals surface area contributed by atoms with Gasteiger partial charge >= 0.3 is 0 Å². The fourth-order valence-corrected chi connectivity index (χ4v) is 3.25. The number of hydrogen-bond donors (Lipinski definition) is 2. The first-order valence-corrected chi connectivity index (χ1v) is 9.26. The van der Waals surface area contributed by atoms with E-state index in [1.54, 1.807) is 44.6 Å². The second kappa shape index (κ2) is 7.54. The Morgan fingerprint density at radius 1 is 0.966 bits per heavy atom. The molecule has 1 heterocycles. The number of rotatable bonds is 7. The summed E-state index contributed by atoms with van der Waals surface area (Å²) in [5, 5.41) is 5.67. The molecule has 1 aliphatic heterocycles. The molecule has 0 unspecified atom stereocenters. The van der Waals surface area contributed by atoms with Gasteiger partial charge in [0.15, 0.2) is 23.0 Å². The van der Waals surface area contributed by atoms with Crippen LogP contribution in [0.1, 0.15) is 18.4 Å². The molecule has 29 heavy (non-hydrogen) atoms. The van der Waals surface area contributed by atoms with Crippen molar-refractivity contribution in [3.05, 3.63) is 42.0 Å². The Balaban J connectivity index is 1.38. The molecule has 4 rings (SSSR count). The topological polar surface area (TPSA) is 95.1 Å². The van der Waals surface area contributed by atoms with Crippen LogP contribution in [-0.4, -0.2) is 32.8 Å². The van der Waals surface area contributed by atoms with Crippen molar-refractivity contribution in [2.75, 3.05) is 26.3 Å². The molecule has 0 saturated heterocycles. The van der Waals surface area contributed by atoms with Gasteiger partial charge in [-0.3, -0.25) is 9.59 Å². The number of carbonyl (C=O) groups is 2. The first-order chi connectivity index (χ1) is 14.1. The Morgan fingerprint density at radius 2 is 1.72 bits per heavy atom. The standard InChI is InChI=1S/C21H22N2O6/c1-26-15-5-3-13(9-17(15)27-2)11-22-19(24)21(7-8-21)20(25)23-14-4-6-16-18(10-14)29-12-28-16/h3-6,9-10H,7-8,11-12H2,1-2H3,(H,22,24)(H,23,25). The summed E-state index contributed by atoms with van der Waals surface area (Å²) in [6, 6.07) is 10.6. The van der Waals surface area contributed by atoms with Gasteiger partial charge in [-0.15, -0.1) is 0 Å². The van der Waals surface area contributed by atoms with Crippen LogP contribution in [-0.2, 0) is 16.1 Å². The lowest BCUT2D eigenvalue weighted by molar-refractivity contribution is -0.134. The fourth-order valence-electron chi connectivity index (χ4n) is 3.25. The first-order valence-electron chi connectivity index (χ1n) is 9.26. The zero-order valence-electron chi connectivity index (χ0n) is 16.2. The van der Waals surface area contributed by atoms with Crippen LogP contribution in [0.5, 0.6) is 23.0 Å². The third-order valence-corrected chi connectivity index (χ3v) is 5.15. The van der Waals surface area contributed by atoms with Crippen molar-refractivity contribution >= 4 is 17.5 Å². The van der Waals surface area contributed by atoms with Gasteiger partial charge in [0.25, 0.3) is 0 Å². The molecule has 0 spiro atoms. The lowest BCUT2D eigenvalue weighted by Crippen LogP contribution is -2.39. The van der Waals surface area contributed by atoms with Crippen molar-refractivity contribution in [2.24, 2.45) is 5.41 Å². The summed E-state index contributed by atoms with van der Waals surface area (Å²) in [5.74, 6) is 1.80. The smallest absolute Gasteiger partial charge is 0.240 e. The molecule has 0 radical (unpaired) electrons. The lowest BCUT2D eigenvalue weighted by Gasteiger charge is -2.16. The molecule has 0 bridgehead atoms. The number of fused-ring (bicyclic) bond motifs is 1. The summed E-state index contributed by atoms with van der Waals surface area (Å²) in [7, 11) is 3.12. The van der Waals surface area contributed by atoms with Crippen molar-refractivity contribution in [1.29, 1.82) is 0 Å². The molecular formula is C21H22N2O6. The van der Waals surface area contributed by atoms with E-state index in [1.807, 2.05) is 6.07 Å². The average Bonchev–Trinajstić information content (AvgIpc) is 3.43. The maximum atomic E-state index is 12.8. The van der Waals surface area contributed by atoms with Gasteiger partial charge in [-0.25, -0.2) is 0 Å². The normalized spacial score (nSPS) is 15.4. The molecule has 152 valence electrons. The number of amides is 2. The van der Waals surface area contributed by atoms with E-state index in [0.717, 1.165) is 5.56 Å². The molecule has 8 heteroatoms. The number of anilines is 1. The Labute approximate surface area is 168 Å². The highest BCUT2D eigenvalue weighted by molar-refractivity contribution is 6.13. The van der Waals surface area contributed by atoms with Gasteiger partial charge in [-0.1, -0.05) is 6.07 Å². The third-order valence-electron chi connectivity index (χ3n) is 5.15. The zero-order valence-corrected chi connectivity index (χ0v) is 16.2. The van der Waals surface area contributed by atoms with Crippen LogP contribution < -0.4 is 29.6 Å². The van der Waals surface area contributed by atoms with Crippen molar-refractivity contribution in [3.8, 4) is 23.0 Å². The second-order valence-electron chi connectivity index (χ2n) is 6.98. The number of ether oxygens (including phenoxy) is 4. The predicted molar refractivity (Wildman–Crippen MR) is 104 cm³/mol. The number of nitrogens with one attached hydrogen (secondary N) is 2. The highest BCUT2D eigenvalue weighted by Crippen LogP contribution is 2.47. The van der Waals surface area contributed by atoms with Gasteiger partial charge in [0.1, 0.15) is 5.41 Å². The van der Waals surface area contributed by atoms with Crippen LogP contribution in [0.2, 0.25) is 0 Å². The molecule has 2 aromatic rings. The molecule has 8 nitrogen and oxygen atoms in total. The number of hydrogen-bond acceptors (Lipinski definition) is 6. The van der Waals surface area contributed by atoms with Gasteiger partial charge in [0, 0.05) is 18.3 Å². The zero-order chi connectivity index (χ0) is 20.4. The summed E-state index contributed by atoms with van der Waals surface area (Å²) in [6.45, 7) is 0.452. The molecule has 0 aromatic heterocycles. The summed E-state index contributed by atoms with van der Waals surface area (Å²) in [6.07, 6.45) is 1.03. The van der Waals surface area contributed by atoms with E-state index in [4.69, 9.17) is 18.9 Å². The molecule has 1 saturated carbocycles. The van der Waals surface area contributed by atoms with Gasteiger partial charge in [0.2, 0.25) is 18.6 Å². The van der Waals surface area contributed by atoms with E-state index in [-0.39, 0.29) is 25.2 Å². The Kier molecular flexibility index (Phi) is 4.92. The van der Waals surface area contributed by atoms with Crippen LogP contribution in [0.4, 0.5) is 5.69 Å². The summed E-state index contributed by atoms with van der Waals surface area (Å²) in [5.41, 5.74) is 0.383. The molecular weight excluding hydrogens is 376 g/mol. The fraction of sp³-hybridized carbons (Fsp3) is 0.333. The maximum absolute atomic E-state index is 12.8. The Hall–Kier alpha value is -3.42. The molecule has 2 aromatic carbocycles. The number of carbonyl (C=O) groups excluding carboxylic acids is 2. The second-order valence-corrected chi connectivity index (χ2v) is 6.98. The largest absolute Gasteiger partial charge is 0.493 e. The predicted octanol–water partition coefficient (Wildman–Crippen LogP) is 2.47. The minimum absolute atomic E-state index is 0.162. The molecule has 2 amide bonds. The van der Waals surface area contributed by atoms with Gasteiger partial charge in [0.05, 0.1) is 14.2 Å². The van der Waals surface area contributed by atoms with Crippen LogP contribution in [0.3, 0.4) is 0 Å². The molecule has 0 atom stereocenters. The molecule has 1 fully saturated rings. The van der Waals surface area contributed by atoms with Gasteiger partial charge in [-0.2, -0.15) is 0 Å². The van der Waals surface area contributed by atoms with Crippen molar-refractivity contribution < 1.29 is 28.5 Å². The van der Waals surface area contributed by atoms with E-state index in [1.165, 1.54) is 0 Å². The highest BCUT2D eigenvalue weighted by Gasteiger charge is 2.56. The first kappa shape index (κ1) is 18.9. The summed E-state index contributed by atoms with van der Waals surface area (Å²) < 4.78 is 21.1. The summed E-state index contributed by atoms with van der Waals surface area (Å²) >= 11 is 0. The minimum Gasteiger partial charge on any atom is -0.493 e. The molecule has 2 aliphatic rings. The SMILES string of the molecule is COc1ccc(CNC(=O)C2(C(=O)Nc3ccc4c(c3)OCO4)CC2)cc1OC. The molecule has 2 N–H and O–H groups in total. The monoisotopic (exact) mass is 398 g/mol. The lowest BCUT2D eigenvalue weighted by atomic mass is 10.0. The number of benzene rings is 2. The number of methoxy groups -OCH3 is 2. The van der Waals surface area contributed by atoms with Crippen LogP contribution in [0, 0.1) is 5.41 Å². The van der Waals surface area contributed by atoms with Gasteiger partial charge in [-0.05, 0) is 42.7 Å². The summed E-state index contributed by atoms with van der Waals surface area (Å²) in [4.78, 5) is 25.5. The third kappa shape index (κ3) is 3.65. The minimum atomic E-state index is -1.03. The van der Waals surface area contributed by atoms with E-state index in [0.29, 0.717) is 41.5 Å². The van der Waals surface area contributed by atoms with E-state index in [2.05, 4.69) is 10.6 Å². The van der Waals surface area contributed by atoms with Crippen molar-refractivity contribution in [3.63, 3.8) is 0 Å². The van der Waals surface area contributed by atoms with Crippen molar-refractivity contribution in [1.82, 2.24) is 5.32 Å². The van der Waals surface area contributed by atoms with Gasteiger partial charge < -0.3 is 29.6 Å².